The number of carbonyl (C=O) groups excluding carboxylic acids is 2. The van der Waals surface area contributed by atoms with Crippen molar-refractivity contribution in [1.82, 2.24) is 4.90 Å². The topological polar surface area (TPSA) is 59.1 Å². The Morgan fingerprint density at radius 2 is 1.80 bits per heavy atom. The van der Waals surface area contributed by atoms with Gasteiger partial charge in [-0.05, 0) is 33.8 Å². The van der Waals surface area contributed by atoms with Gasteiger partial charge in [0.05, 0.1) is 13.2 Å². The Morgan fingerprint density at radius 3 is 2.36 bits per heavy atom. The summed E-state index contributed by atoms with van der Waals surface area (Å²) in [4.78, 5) is 28.2. The zero-order chi connectivity index (χ0) is 18.7. The number of hydrogen-bond donors (Lipinski definition) is 0. The lowest BCUT2D eigenvalue weighted by Crippen LogP contribution is -2.49. The molecule has 0 aliphatic carbocycles. The summed E-state index contributed by atoms with van der Waals surface area (Å²) in [6, 6.07) is 7.68. The molecule has 25 heavy (non-hydrogen) atoms. The van der Waals surface area contributed by atoms with Gasteiger partial charge in [0, 0.05) is 31.4 Å². The molecule has 0 radical (unpaired) electrons. The van der Waals surface area contributed by atoms with Gasteiger partial charge in [-0.3, -0.25) is 4.90 Å². The van der Waals surface area contributed by atoms with Gasteiger partial charge in [0.15, 0.2) is 0 Å². The van der Waals surface area contributed by atoms with Gasteiger partial charge in [0.1, 0.15) is 17.4 Å². The number of nitrogens with zero attached hydrogens (tertiary/aromatic N) is 2. The van der Waals surface area contributed by atoms with Gasteiger partial charge in [-0.2, -0.15) is 0 Å². The molecule has 0 aromatic heterocycles. The van der Waals surface area contributed by atoms with E-state index in [0.717, 1.165) is 30.6 Å². The SMILES string of the molecule is CN(C(=O)OC(C)(C)C)C(C)(C=O)c1ccccc1N1CCOCC1. The average Bonchev–Trinajstić information content (AvgIpc) is 2.59. The summed E-state index contributed by atoms with van der Waals surface area (Å²) in [5.74, 6) is 0. The number of ether oxygens (including phenoxy) is 2. The van der Waals surface area contributed by atoms with Gasteiger partial charge >= 0.3 is 6.09 Å². The molecular formula is C19H28N2O4. The number of hydrogen-bond acceptors (Lipinski definition) is 5. The number of benzene rings is 1. The lowest BCUT2D eigenvalue weighted by Gasteiger charge is -2.39. The molecule has 1 amide bonds. The molecule has 1 aliphatic rings. The Bertz CT molecular complexity index is 620. The summed E-state index contributed by atoms with van der Waals surface area (Å²) in [6.45, 7) is 9.95. The van der Waals surface area contributed by atoms with Crippen molar-refractivity contribution >= 4 is 18.1 Å². The minimum absolute atomic E-state index is 0.529. The Hall–Kier alpha value is -2.08. The zero-order valence-electron chi connectivity index (χ0n) is 15.7. The molecule has 6 heteroatoms. The molecule has 1 heterocycles. The van der Waals surface area contributed by atoms with Crippen molar-refractivity contribution in [3.63, 3.8) is 0 Å². The van der Waals surface area contributed by atoms with Crippen LogP contribution in [0.5, 0.6) is 0 Å². The predicted molar refractivity (Wildman–Crippen MR) is 96.9 cm³/mol. The molecule has 1 aliphatic heterocycles. The van der Waals surface area contributed by atoms with Crippen molar-refractivity contribution in [3.8, 4) is 0 Å². The smallest absolute Gasteiger partial charge is 0.411 e. The van der Waals surface area contributed by atoms with Crippen LogP contribution >= 0.6 is 0 Å². The lowest BCUT2D eigenvalue weighted by molar-refractivity contribution is -0.117. The minimum atomic E-state index is -1.13. The second kappa shape index (κ2) is 7.44. The fourth-order valence-electron chi connectivity index (χ4n) is 2.82. The first kappa shape index (κ1) is 19.2. The Balaban J connectivity index is 2.38. The molecule has 2 rings (SSSR count). The molecule has 1 atom stereocenters. The largest absolute Gasteiger partial charge is 0.444 e. The fraction of sp³-hybridized carbons (Fsp3) is 0.579. The summed E-state index contributed by atoms with van der Waals surface area (Å²) in [6.07, 6.45) is 0.273. The highest BCUT2D eigenvalue weighted by Crippen LogP contribution is 2.34. The molecular weight excluding hydrogens is 320 g/mol. The number of amides is 1. The summed E-state index contributed by atoms with van der Waals surface area (Å²) >= 11 is 0. The second-order valence-electron chi connectivity index (χ2n) is 7.42. The number of likely N-dealkylation sites (N-methyl/N-ethyl adjacent to an activating group) is 1. The van der Waals surface area contributed by atoms with Gasteiger partial charge in [-0.15, -0.1) is 0 Å². The fourth-order valence-corrected chi connectivity index (χ4v) is 2.82. The highest BCUT2D eigenvalue weighted by Gasteiger charge is 2.39. The van der Waals surface area contributed by atoms with Gasteiger partial charge < -0.3 is 19.2 Å². The lowest BCUT2D eigenvalue weighted by atomic mass is 9.90. The molecule has 0 spiro atoms. The number of carbonyl (C=O) groups is 2. The molecule has 1 unspecified atom stereocenters. The van der Waals surface area contributed by atoms with E-state index in [2.05, 4.69) is 4.90 Å². The molecule has 1 saturated heterocycles. The van der Waals surface area contributed by atoms with Gasteiger partial charge in [-0.1, -0.05) is 18.2 Å². The molecule has 1 fully saturated rings. The molecule has 0 bridgehead atoms. The average molecular weight is 348 g/mol. The normalized spacial score (nSPS) is 17.6. The van der Waals surface area contributed by atoms with Crippen LogP contribution in [0.25, 0.3) is 0 Å². The van der Waals surface area contributed by atoms with Crippen molar-refractivity contribution in [2.75, 3.05) is 38.3 Å². The van der Waals surface area contributed by atoms with E-state index in [0.29, 0.717) is 13.2 Å². The van der Waals surface area contributed by atoms with Crippen LogP contribution in [0.1, 0.15) is 33.3 Å². The van der Waals surface area contributed by atoms with Crippen LogP contribution in [0.3, 0.4) is 0 Å². The monoisotopic (exact) mass is 348 g/mol. The summed E-state index contributed by atoms with van der Waals surface area (Å²) < 4.78 is 10.9. The van der Waals surface area contributed by atoms with E-state index in [4.69, 9.17) is 9.47 Å². The van der Waals surface area contributed by atoms with Crippen LogP contribution in [-0.4, -0.2) is 56.2 Å². The third kappa shape index (κ3) is 4.31. The quantitative estimate of drug-likeness (QED) is 0.783. The molecule has 138 valence electrons. The number of para-hydroxylation sites is 1. The van der Waals surface area contributed by atoms with Crippen LogP contribution in [0.2, 0.25) is 0 Å². The van der Waals surface area contributed by atoms with E-state index in [9.17, 15) is 9.59 Å². The number of rotatable bonds is 4. The van der Waals surface area contributed by atoms with Crippen LogP contribution in [0, 0.1) is 0 Å². The molecule has 6 nitrogen and oxygen atoms in total. The molecule has 0 saturated carbocycles. The first-order valence-electron chi connectivity index (χ1n) is 8.54. The maximum Gasteiger partial charge on any atom is 0.411 e. The summed E-state index contributed by atoms with van der Waals surface area (Å²) in [5.41, 5.74) is -0.0353. The second-order valence-corrected chi connectivity index (χ2v) is 7.42. The first-order chi connectivity index (χ1) is 11.7. The maximum atomic E-state index is 12.5. The van der Waals surface area contributed by atoms with Crippen molar-refractivity contribution in [3.05, 3.63) is 29.8 Å². The highest BCUT2D eigenvalue weighted by atomic mass is 16.6. The van der Waals surface area contributed by atoms with E-state index in [-0.39, 0.29) is 0 Å². The van der Waals surface area contributed by atoms with Gasteiger partial charge in [0.2, 0.25) is 0 Å². The highest BCUT2D eigenvalue weighted by molar-refractivity contribution is 5.80. The maximum absolute atomic E-state index is 12.5. The molecule has 0 N–H and O–H groups in total. The Morgan fingerprint density at radius 1 is 1.20 bits per heavy atom. The number of aldehydes is 1. The van der Waals surface area contributed by atoms with Crippen molar-refractivity contribution in [2.45, 2.75) is 38.8 Å². The summed E-state index contributed by atoms with van der Waals surface area (Å²) in [7, 11) is 1.60. The van der Waals surface area contributed by atoms with Crippen LogP contribution < -0.4 is 4.90 Å². The Labute approximate surface area is 149 Å². The van der Waals surface area contributed by atoms with Gasteiger partial charge in [-0.25, -0.2) is 4.79 Å². The standard InChI is InChI=1S/C19H28N2O4/c1-18(2,3)25-17(23)20(5)19(4,14-22)15-8-6-7-9-16(15)21-10-12-24-13-11-21/h6-9,14H,10-13H2,1-5H3. The van der Waals surface area contributed by atoms with E-state index >= 15 is 0 Å². The van der Waals surface area contributed by atoms with Crippen LogP contribution in [0.15, 0.2) is 24.3 Å². The Kier molecular flexibility index (Phi) is 5.72. The van der Waals surface area contributed by atoms with Gasteiger partial charge in [0.25, 0.3) is 0 Å². The van der Waals surface area contributed by atoms with E-state index in [1.807, 2.05) is 24.3 Å². The van der Waals surface area contributed by atoms with Crippen LogP contribution in [-0.2, 0) is 19.8 Å². The van der Waals surface area contributed by atoms with Crippen molar-refractivity contribution in [1.29, 1.82) is 0 Å². The number of anilines is 1. The van der Waals surface area contributed by atoms with Crippen molar-refractivity contribution in [2.24, 2.45) is 0 Å². The predicted octanol–water partition coefficient (Wildman–Crippen LogP) is 2.80. The van der Waals surface area contributed by atoms with E-state index < -0.39 is 17.2 Å². The van der Waals surface area contributed by atoms with Crippen LogP contribution in [0.4, 0.5) is 10.5 Å². The summed E-state index contributed by atoms with van der Waals surface area (Å²) in [5, 5.41) is 0. The van der Waals surface area contributed by atoms with Crippen molar-refractivity contribution < 1.29 is 19.1 Å². The zero-order valence-corrected chi connectivity index (χ0v) is 15.7. The first-order valence-corrected chi connectivity index (χ1v) is 8.54. The van der Waals surface area contributed by atoms with E-state index in [1.165, 1.54) is 4.90 Å². The third-order valence-corrected chi connectivity index (χ3v) is 4.39. The number of morpholine rings is 1. The third-order valence-electron chi connectivity index (χ3n) is 4.39. The molecule has 1 aromatic carbocycles. The minimum Gasteiger partial charge on any atom is -0.444 e. The van der Waals surface area contributed by atoms with E-state index in [1.54, 1.807) is 34.7 Å². The molecule has 1 aromatic rings.